The monoisotopic (exact) mass is 590 g/mol. The fraction of sp³-hybridized carbons (Fsp3) is 0. The average molecular weight is 588 g/mol. The Labute approximate surface area is 102 Å². The molecule has 0 aromatic heterocycles. The van der Waals surface area contributed by atoms with E-state index in [-0.39, 0.29) is 54.6 Å². The van der Waals surface area contributed by atoms with Gasteiger partial charge in [0.15, 0.2) is 0 Å². The van der Waals surface area contributed by atoms with Gasteiger partial charge >= 0.3 is 54.6 Å². The summed E-state index contributed by atoms with van der Waals surface area (Å²) >= 11 is 0. The maximum Gasteiger partial charge on any atom is 2.00 e. The second-order valence-corrected chi connectivity index (χ2v) is 3.42. The van der Waals surface area contributed by atoms with E-state index in [2.05, 4.69) is 4.31 Å². The summed E-state index contributed by atoms with van der Waals surface area (Å²) < 4.78 is 21.2. The zero-order valence-corrected chi connectivity index (χ0v) is 14.3. The molecule has 11 heteroatoms. The maximum atomic E-state index is 9.32. The minimum Gasteiger partial charge on any atom is -0.790 e. The van der Waals surface area contributed by atoms with Crippen LogP contribution in [0.5, 0.6) is 0 Å². The standard InChI is InChI=1S/H4O7P2.2Pb/c1-8(2,3)7-9(4,5)6;;/h(H2,1,2,3)(H2,4,5,6);;/q;2*+2/p-4. The van der Waals surface area contributed by atoms with Gasteiger partial charge in [-0.3, -0.25) is 0 Å². The van der Waals surface area contributed by atoms with E-state index < -0.39 is 15.6 Å². The Morgan fingerprint density at radius 3 is 1.00 bits per heavy atom. The van der Waals surface area contributed by atoms with Crippen LogP contribution < -0.4 is 19.6 Å². The molecule has 7 nitrogen and oxygen atoms in total. The van der Waals surface area contributed by atoms with Crippen molar-refractivity contribution >= 4 is 70.2 Å². The Morgan fingerprint density at radius 2 is 1.00 bits per heavy atom. The normalized spacial score (nSPS) is 11.3. The van der Waals surface area contributed by atoms with Crippen molar-refractivity contribution in [3.8, 4) is 0 Å². The molecule has 4 radical (unpaired) electrons. The van der Waals surface area contributed by atoms with Crippen LogP contribution in [0, 0.1) is 0 Å². The molecule has 11 heavy (non-hydrogen) atoms. The minimum absolute atomic E-state index is 0. The summed E-state index contributed by atoms with van der Waals surface area (Å²) in [5, 5.41) is 0. The number of hydrogen-bond acceptors (Lipinski definition) is 7. The third kappa shape index (κ3) is 18.8. The first-order valence-corrected chi connectivity index (χ1v) is 4.38. The van der Waals surface area contributed by atoms with Crippen molar-refractivity contribution in [3.63, 3.8) is 0 Å². The van der Waals surface area contributed by atoms with Crippen LogP contribution >= 0.6 is 15.6 Å². The van der Waals surface area contributed by atoms with E-state index in [0.29, 0.717) is 0 Å². The van der Waals surface area contributed by atoms with Crippen LogP contribution in [0.1, 0.15) is 0 Å². The quantitative estimate of drug-likeness (QED) is 0.237. The summed E-state index contributed by atoms with van der Waals surface area (Å²) in [6, 6.07) is 0. The third-order valence-corrected chi connectivity index (χ3v) is 1.80. The topological polar surface area (TPSA) is 136 Å². The van der Waals surface area contributed by atoms with Crippen LogP contribution in [-0.4, -0.2) is 54.6 Å². The summed E-state index contributed by atoms with van der Waals surface area (Å²) in [5.41, 5.74) is 0. The molecule has 0 aliphatic carbocycles. The van der Waals surface area contributed by atoms with E-state index in [1.165, 1.54) is 0 Å². The van der Waals surface area contributed by atoms with Gasteiger partial charge in [-0.05, 0) is 0 Å². The molecule has 0 saturated heterocycles. The second-order valence-electron chi connectivity index (χ2n) is 0.976. The summed E-state index contributed by atoms with van der Waals surface area (Å²) in [4.78, 5) is 37.3. The molecule has 0 aliphatic rings. The van der Waals surface area contributed by atoms with Crippen molar-refractivity contribution in [1.82, 2.24) is 0 Å². The van der Waals surface area contributed by atoms with E-state index in [9.17, 15) is 28.7 Å². The second kappa shape index (κ2) is 6.54. The molecule has 0 N–H and O–H groups in total. The van der Waals surface area contributed by atoms with E-state index in [0.717, 1.165) is 0 Å². The van der Waals surface area contributed by atoms with Gasteiger partial charge in [0.2, 0.25) is 0 Å². The van der Waals surface area contributed by atoms with Crippen LogP contribution in [0.3, 0.4) is 0 Å². The number of phosphoric acid groups is 2. The molecule has 60 valence electrons. The van der Waals surface area contributed by atoms with Crippen LogP contribution in [0.2, 0.25) is 0 Å². The predicted octanol–water partition coefficient (Wildman–Crippen LogP) is -4.10. The van der Waals surface area contributed by atoms with Gasteiger partial charge in [-0.2, -0.15) is 0 Å². The van der Waals surface area contributed by atoms with Crippen molar-refractivity contribution < 1.29 is 33.0 Å². The first-order valence-electron chi connectivity index (χ1n) is 1.46. The fourth-order valence-corrected chi connectivity index (χ4v) is 1.10. The molecule has 0 saturated carbocycles. The van der Waals surface area contributed by atoms with E-state index >= 15 is 0 Å². The van der Waals surface area contributed by atoms with Gasteiger partial charge in [-0.1, -0.05) is 0 Å². The molecular weight excluding hydrogens is 588 g/mol. The molecule has 0 aromatic carbocycles. The van der Waals surface area contributed by atoms with Crippen LogP contribution in [0.25, 0.3) is 0 Å². The number of hydrogen-bond donors (Lipinski definition) is 0. The van der Waals surface area contributed by atoms with Gasteiger partial charge in [0, 0.05) is 0 Å². The molecule has 0 atom stereocenters. The molecule has 0 rings (SSSR count). The molecule has 0 aliphatic heterocycles. The van der Waals surface area contributed by atoms with Crippen molar-refractivity contribution in [3.05, 3.63) is 0 Å². The van der Waals surface area contributed by atoms with Crippen molar-refractivity contribution in [2.75, 3.05) is 0 Å². The molecule has 0 unspecified atom stereocenters. The van der Waals surface area contributed by atoms with Crippen molar-refractivity contribution in [2.45, 2.75) is 0 Å². The Bertz CT molecular complexity index is 155. The Hall–Kier alpha value is 2.10. The zero-order valence-electron chi connectivity index (χ0n) is 4.75. The molecule has 0 fully saturated rings. The van der Waals surface area contributed by atoms with Gasteiger partial charge in [0.1, 0.15) is 0 Å². The van der Waals surface area contributed by atoms with Gasteiger partial charge in [0.25, 0.3) is 0 Å². The third-order valence-electron chi connectivity index (χ3n) is 0.200. The molecule has 0 bridgehead atoms. The van der Waals surface area contributed by atoms with Gasteiger partial charge in [0.05, 0.1) is 15.6 Å². The van der Waals surface area contributed by atoms with Crippen LogP contribution in [-0.2, 0) is 13.4 Å². The smallest absolute Gasteiger partial charge is 0.790 e. The van der Waals surface area contributed by atoms with Crippen molar-refractivity contribution in [2.24, 2.45) is 0 Å². The van der Waals surface area contributed by atoms with Crippen molar-refractivity contribution in [1.29, 1.82) is 0 Å². The Balaban J connectivity index is -0.000000320. The Kier molecular flexibility index (Phi) is 11.2. The molecule has 0 heterocycles. The largest absolute Gasteiger partial charge is 2.00 e. The first-order chi connectivity index (χ1) is 3.71. The molecule has 0 aromatic rings. The van der Waals surface area contributed by atoms with E-state index in [4.69, 9.17) is 0 Å². The number of rotatable bonds is 2. The van der Waals surface area contributed by atoms with E-state index in [1.807, 2.05) is 0 Å². The molecule has 0 amide bonds. The zero-order chi connectivity index (χ0) is 7.71. The molecule has 0 spiro atoms. The predicted molar refractivity (Wildman–Crippen MR) is 27.8 cm³/mol. The molecular formula is O7P2Pb2. The SMILES string of the molecule is O=P([O-])([O-])OP(=O)([O-])[O-].[Pb+2].[Pb+2]. The summed E-state index contributed by atoms with van der Waals surface area (Å²) in [5.74, 6) is 0. The Morgan fingerprint density at radius 1 is 0.818 bits per heavy atom. The first kappa shape index (κ1) is 18.8. The van der Waals surface area contributed by atoms with Gasteiger partial charge in [-0.25, -0.2) is 0 Å². The minimum atomic E-state index is -5.68. The van der Waals surface area contributed by atoms with E-state index in [1.54, 1.807) is 0 Å². The van der Waals surface area contributed by atoms with Crippen LogP contribution in [0.4, 0.5) is 0 Å². The summed E-state index contributed by atoms with van der Waals surface area (Å²) in [6.45, 7) is 0. The summed E-state index contributed by atoms with van der Waals surface area (Å²) in [6.07, 6.45) is 0. The fourth-order valence-electron chi connectivity index (χ4n) is 0.122. The van der Waals surface area contributed by atoms with Gasteiger partial charge < -0.3 is 33.0 Å². The average Bonchev–Trinajstić information content (AvgIpc) is 1.14. The maximum absolute atomic E-state index is 9.32. The van der Waals surface area contributed by atoms with Crippen LogP contribution in [0.15, 0.2) is 0 Å². The summed E-state index contributed by atoms with van der Waals surface area (Å²) in [7, 11) is -11.4. The van der Waals surface area contributed by atoms with Gasteiger partial charge in [-0.15, -0.1) is 0 Å².